The molecule has 0 bridgehead atoms. The zero-order chi connectivity index (χ0) is 35.4. The van der Waals surface area contributed by atoms with Gasteiger partial charge in [0.25, 0.3) is 0 Å². The Morgan fingerprint density at radius 2 is 1.71 bits per heavy atom. The maximum atomic E-state index is 12.4. The number of methoxy groups -OCH3 is 2. The second kappa shape index (κ2) is 14.3. The van der Waals surface area contributed by atoms with E-state index in [1.54, 1.807) is 14.0 Å². The Morgan fingerprint density at radius 1 is 1.00 bits per heavy atom. The third kappa shape index (κ3) is 6.74. The maximum Gasteiger partial charge on any atom is 0.311 e. The number of rotatable bonds is 10. The summed E-state index contributed by atoms with van der Waals surface area (Å²) in [6, 6.07) is 0. The van der Waals surface area contributed by atoms with Crippen molar-refractivity contribution in [2.75, 3.05) is 20.8 Å². The molecular weight excluding hydrogens is 620 g/mol. The summed E-state index contributed by atoms with van der Waals surface area (Å²) in [6.07, 6.45) is 3.37. The molecule has 17 atom stereocenters. The van der Waals surface area contributed by atoms with Gasteiger partial charge in [0.15, 0.2) is 11.6 Å². The third-order valence-corrected chi connectivity index (χ3v) is 13.2. The lowest BCUT2D eigenvalue weighted by molar-refractivity contribution is -0.336. The van der Waals surface area contributed by atoms with E-state index in [2.05, 4.69) is 27.7 Å². The van der Waals surface area contributed by atoms with Gasteiger partial charge in [-0.2, -0.15) is 0 Å². The van der Waals surface area contributed by atoms with Crippen LogP contribution < -0.4 is 0 Å². The van der Waals surface area contributed by atoms with E-state index in [0.717, 1.165) is 38.5 Å². The summed E-state index contributed by atoms with van der Waals surface area (Å²) in [5, 5.41) is 32.3. The van der Waals surface area contributed by atoms with Crippen LogP contribution in [0.3, 0.4) is 0 Å². The van der Waals surface area contributed by atoms with E-state index in [4.69, 9.17) is 33.2 Å². The number of carbonyl (C=O) groups is 1. The van der Waals surface area contributed by atoms with Crippen molar-refractivity contribution in [2.45, 2.75) is 172 Å². The molecule has 11 nitrogen and oxygen atoms in total. The number of aliphatic hydroxyl groups excluding tert-OH is 2. The Bertz CT molecular complexity index is 1120. The van der Waals surface area contributed by atoms with Gasteiger partial charge in [-0.15, -0.1) is 0 Å². The maximum absolute atomic E-state index is 12.4. The van der Waals surface area contributed by atoms with Gasteiger partial charge in [-0.3, -0.25) is 4.79 Å². The second-order valence-electron chi connectivity index (χ2n) is 16.5. The van der Waals surface area contributed by atoms with E-state index >= 15 is 0 Å². The highest BCUT2D eigenvalue weighted by Gasteiger charge is 2.62. The molecule has 5 rings (SSSR count). The highest BCUT2D eigenvalue weighted by molar-refractivity contribution is 5.72. The summed E-state index contributed by atoms with van der Waals surface area (Å²) in [4.78, 5) is 12.4. The summed E-state index contributed by atoms with van der Waals surface area (Å²) in [6.45, 7) is 15.9. The number of hydrogen-bond acceptors (Lipinski definition) is 11. The Morgan fingerprint density at radius 3 is 2.33 bits per heavy atom. The van der Waals surface area contributed by atoms with Crippen LogP contribution >= 0.6 is 0 Å². The van der Waals surface area contributed by atoms with Crippen molar-refractivity contribution in [1.29, 1.82) is 0 Å². The molecule has 3 unspecified atom stereocenters. The van der Waals surface area contributed by atoms with Crippen LogP contribution in [0.4, 0.5) is 0 Å². The number of hydrogen-bond donors (Lipinski definition) is 3. The lowest BCUT2D eigenvalue weighted by atomic mass is 9.78. The largest absolute Gasteiger partial charge is 0.469 e. The van der Waals surface area contributed by atoms with Gasteiger partial charge in [-0.05, 0) is 64.2 Å². The molecule has 278 valence electrons. The Hall–Kier alpha value is -0.890. The molecule has 0 radical (unpaired) electrons. The van der Waals surface area contributed by atoms with E-state index in [0.29, 0.717) is 12.8 Å². The molecule has 5 fully saturated rings. The number of carbonyl (C=O) groups excluding carboxylic acids is 1. The molecule has 5 aliphatic rings. The predicted molar refractivity (Wildman–Crippen MR) is 177 cm³/mol. The van der Waals surface area contributed by atoms with Crippen LogP contribution in [0.5, 0.6) is 0 Å². The Kier molecular flexibility index (Phi) is 11.4. The minimum Gasteiger partial charge on any atom is -0.469 e. The summed E-state index contributed by atoms with van der Waals surface area (Å²) in [5.74, 6) is -3.52. The van der Waals surface area contributed by atoms with Crippen molar-refractivity contribution in [2.24, 2.45) is 35.5 Å². The van der Waals surface area contributed by atoms with Crippen LogP contribution in [0.2, 0.25) is 0 Å². The van der Waals surface area contributed by atoms with Crippen LogP contribution in [0.15, 0.2) is 0 Å². The first-order chi connectivity index (χ1) is 22.5. The topological polar surface area (TPSA) is 142 Å². The molecule has 0 aliphatic carbocycles. The molecule has 1 spiro atoms. The van der Waals surface area contributed by atoms with Crippen LogP contribution in [-0.2, 0) is 38.0 Å². The fourth-order valence-corrected chi connectivity index (χ4v) is 10.1. The molecule has 0 aromatic heterocycles. The molecule has 48 heavy (non-hydrogen) atoms. The molecule has 5 aliphatic heterocycles. The lowest BCUT2D eigenvalue weighted by Gasteiger charge is -2.49. The van der Waals surface area contributed by atoms with Crippen LogP contribution in [0, 0.1) is 35.5 Å². The van der Waals surface area contributed by atoms with Gasteiger partial charge >= 0.3 is 5.97 Å². The second-order valence-corrected chi connectivity index (χ2v) is 16.5. The van der Waals surface area contributed by atoms with Crippen molar-refractivity contribution in [3.63, 3.8) is 0 Å². The number of esters is 1. The first-order valence-electron chi connectivity index (χ1n) is 18.5. The number of aliphatic hydroxyl groups is 3. The van der Waals surface area contributed by atoms with E-state index in [1.165, 1.54) is 7.11 Å². The molecule has 3 N–H and O–H groups in total. The van der Waals surface area contributed by atoms with Crippen molar-refractivity contribution in [3.8, 4) is 0 Å². The van der Waals surface area contributed by atoms with Gasteiger partial charge in [0.1, 0.15) is 0 Å². The van der Waals surface area contributed by atoms with Crippen LogP contribution in [0.1, 0.15) is 107 Å². The summed E-state index contributed by atoms with van der Waals surface area (Å²) in [5.41, 5.74) is -1.12. The molecule has 0 amide bonds. The molecule has 5 saturated heterocycles. The summed E-state index contributed by atoms with van der Waals surface area (Å²) >= 11 is 0. The normalized spacial score (nSPS) is 50.0. The quantitative estimate of drug-likeness (QED) is 0.283. The molecule has 0 aromatic carbocycles. The van der Waals surface area contributed by atoms with E-state index in [1.807, 2.05) is 20.8 Å². The van der Waals surface area contributed by atoms with Crippen LogP contribution in [-0.4, -0.2) is 108 Å². The van der Waals surface area contributed by atoms with Gasteiger partial charge in [-0.25, -0.2) is 0 Å². The fraction of sp³-hybridized carbons (Fsp3) is 0.973. The summed E-state index contributed by atoms with van der Waals surface area (Å²) < 4.78 is 44.7. The van der Waals surface area contributed by atoms with Crippen LogP contribution in [0.25, 0.3) is 0 Å². The van der Waals surface area contributed by atoms with Crippen molar-refractivity contribution >= 4 is 5.97 Å². The molecule has 5 heterocycles. The number of ether oxygens (including phenoxy) is 7. The minimum atomic E-state index is -1.56. The SMILES string of the molecule is CC[C@@]1(C2O[C@@H]([C@H]3O[C@@](O)(CO)[C@H](C)C[C@@H]3C)C[C@@H]2C)CCC([C@]2(C)CC[C@]3(C[C@H](O)[C@@H](C)[C@@H]([C@@H](C)[C@@H](OC)C(C)C(=O)OC)O3)O2)O1. The van der Waals surface area contributed by atoms with E-state index < -0.39 is 53.6 Å². The smallest absolute Gasteiger partial charge is 0.311 e. The van der Waals surface area contributed by atoms with Gasteiger partial charge < -0.3 is 48.5 Å². The standard InChI is InChI=1S/C37H64O11/c1-11-35(32-21(3)17-27(44-32)29-20(2)16-22(4)37(41,19-38)47-29)13-12-28(45-35)34(8)14-15-36(48-34)18-26(39)23(5)31(46-36)24(6)30(42-9)25(7)33(40)43-10/h20-32,38-39,41H,11-19H2,1-10H3/t20-,21-,22+,23+,24-,25?,26-,27+,28?,29-,30+,31-,32?,34-,35-,36+,37-/m0/s1. The Balaban J connectivity index is 1.28. The van der Waals surface area contributed by atoms with Gasteiger partial charge in [0.2, 0.25) is 0 Å². The van der Waals surface area contributed by atoms with Gasteiger partial charge in [0.05, 0.1) is 73.6 Å². The third-order valence-electron chi connectivity index (χ3n) is 13.2. The van der Waals surface area contributed by atoms with E-state index in [9.17, 15) is 20.1 Å². The minimum absolute atomic E-state index is 0.143. The first kappa shape index (κ1) is 38.3. The van der Waals surface area contributed by atoms with E-state index in [-0.39, 0.29) is 60.0 Å². The van der Waals surface area contributed by atoms with Crippen molar-refractivity contribution in [3.05, 3.63) is 0 Å². The predicted octanol–water partition coefficient (Wildman–Crippen LogP) is 4.36. The zero-order valence-corrected chi connectivity index (χ0v) is 31.0. The Labute approximate surface area is 287 Å². The molecule has 0 aromatic rings. The highest BCUT2D eigenvalue weighted by atomic mass is 16.7. The monoisotopic (exact) mass is 684 g/mol. The lowest BCUT2D eigenvalue weighted by Crippen LogP contribution is -2.57. The van der Waals surface area contributed by atoms with Crippen molar-refractivity contribution in [1.82, 2.24) is 0 Å². The fourth-order valence-electron chi connectivity index (χ4n) is 10.1. The summed E-state index contributed by atoms with van der Waals surface area (Å²) in [7, 11) is 2.97. The first-order valence-corrected chi connectivity index (χ1v) is 18.5. The van der Waals surface area contributed by atoms with Gasteiger partial charge in [-0.1, -0.05) is 41.5 Å². The average Bonchev–Trinajstić information content (AvgIpc) is 3.77. The van der Waals surface area contributed by atoms with Gasteiger partial charge in [0, 0.05) is 37.7 Å². The molecule has 11 heteroatoms. The molecule has 0 saturated carbocycles. The highest BCUT2D eigenvalue weighted by Crippen LogP contribution is 2.55. The molecular formula is C37H64O11. The zero-order valence-electron chi connectivity index (χ0n) is 31.0. The average molecular weight is 685 g/mol. The van der Waals surface area contributed by atoms with Crippen molar-refractivity contribution < 1.29 is 53.3 Å².